The van der Waals surface area contributed by atoms with Crippen molar-refractivity contribution >= 4 is 11.6 Å². The van der Waals surface area contributed by atoms with Crippen LogP contribution in [-0.2, 0) is 0 Å². The normalized spacial score (nSPS) is 14.1. The molecule has 0 heterocycles. The number of rotatable bonds is 4. The van der Waals surface area contributed by atoms with E-state index in [1.54, 1.807) is 12.1 Å². The highest BCUT2D eigenvalue weighted by molar-refractivity contribution is 6.30. The third kappa shape index (κ3) is 3.55. The maximum Gasteiger partial charge on any atom is 0.127 e. The summed E-state index contributed by atoms with van der Waals surface area (Å²) in [6.45, 7) is 4.00. The molecule has 0 aliphatic heterocycles. The van der Waals surface area contributed by atoms with Crippen LogP contribution >= 0.6 is 11.6 Å². The number of benzene rings is 2. The van der Waals surface area contributed by atoms with Crippen LogP contribution in [0.5, 0.6) is 0 Å². The maximum absolute atomic E-state index is 13.7. The van der Waals surface area contributed by atoms with E-state index in [0.717, 1.165) is 5.56 Å². The molecule has 0 bridgehead atoms. The van der Waals surface area contributed by atoms with Crippen LogP contribution in [0, 0.1) is 5.82 Å². The molecule has 2 atom stereocenters. The largest absolute Gasteiger partial charge is 0.304 e. The second-order valence-corrected chi connectivity index (χ2v) is 5.12. The van der Waals surface area contributed by atoms with Gasteiger partial charge in [-0.05, 0) is 37.6 Å². The van der Waals surface area contributed by atoms with E-state index in [0.29, 0.717) is 10.6 Å². The molecule has 0 amide bonds. The minimum atomic E-state index is -0.180. The van der Waals surface area contributed by atoms with Gasteiger partial charge in [0.1, 0.15) is 5.82 Å². The van der Waals surface area contributed by atoms with E-state index >= 15 is 0 Å². The van der Waals surface area contributed by atoms with Crippen LogP contribution in [0.3, 0.4) is 0 Å². The lowest BCUT2D eigenvalue weighted by molar-refractivity contribution is 0.474. The summed E-state index contributed by atoms with van der Waals surface area (Å²) in [5.41, 5.74) is 1.77. The van der Waals surface area contributed by atoms with Crippen molar-refractivity contribution in [3.05, 3.63) is 70.5 Å². The second-order valence-electron chi connectivity index (χ2n) is 4.69. The fraction of sp³-hybridized carbons (Fsp3) is 0.250. The lowest BCUT2D eigenvalue weighted by Gasteiger charge is -2.21. The summed E-state index contributed by atoms with van der Waals surface area (Å²) in [5.74, 6) is -0.180. The van der Waals surface area contributed by atoms with E-state index in [1.165, 1.54) is 6.07 Å². The Morgan fingerprint density at radius 3 is 2.42 bits per heavy atom. The van der Waals surface area contributed by atoms with Gasteiger partial charge in [0.15, 0.2) is 0 Å². The van der Waals surface area contributed by atoms with Crippen molar-refractivity contribution in [2.75, 3.05) is 0 Å². The van der Waals surface area contributed by atoms with Gasteiger partial charge < -0.3 is 5.32 Å². The Balaban J connectivity index is 2.11. The van der Waals surface area contributed by atoms with Gasteiger partial charge in [0, 0.05) is 22.7 Å². The minimum Gasteiger partial charge on any atom is -0.304 e. The third-order valence-electron chi connectivity index (χ3n) is 3.22. The summed E-state index contributed by atoms with van der Waals surface area (Å²) in [6, 6.07) is 14.6. The molecular formula is C16H17ClFN. The molecule has 0 saturated carbocycles. The van der Waals surface area contributed by atoms with Crippen molar-refractivity contribution in [3.63, 3.8) is 0 Å². The first-order chi connectivity index (χ1) is 9.08. The summed E-state index contributed by atoms with van der Waals surface area (Å²) in [4.78, 5) is 0. The number of hydrogen-bond donors (Lipinski definition) is 1. The van der Waals surface area contributed by atoms with E-state index < -0.39 is 0 Å². The summed E-state index contributed by atoms with van der Waals surface area (Å²) >= 11 is 5.98. The summed E-state index contributed by atoms with van der Waals surface area (Å²) < 4.78 is 13.7. The Labute approximate surface area is 118 Å². The van der Waals surface area contributed by atoms with E-state index in [4.69, 9.17) is 11.6 Å². The summed E-state index contributed by atoms with van der Waals surface area (Å²) in [5, 5.41) is 4.09. The van der Waals surface area contributed by atoms with Crippen LogP contribution in [0.4, 0.5) is 4.39 Å². The molecule has 1 unspecified atom stereocenters. The molecular weight excluding hydrogens is 261 g/mol. The van der Waals surface area contributed by atoms with Crippen molar-refractivity contribution in [3.8, 4) is 0 Å². The molecule has 2 aromatic rings. The fourth-order valence-electron chi connectivity index (χ4n) is 2.16. The summed E-state index contributed by atoms with van der Waals surface area (Å²) in [6.07, 6.45) is 0. The Morgan fingerprint density at radius 1 is 1.00 bits per heavy atom. The molecule has 0 saturated heterocycles. The molecule has 3 heteroatoms. The quantitative estimate of drug-likeness (QED) is 0.839. The third-order valence-corrected chi connectivity index (χ3v) is 3.46. The molecule has 0 radical (unpaired) electrons. The first-order valence-electron chi connectivity index (χ1n) is 6.34. The van der Waals surface area contributed by atoms with Crippen LogP contribution in [-0.4, -0.2) is 0 Å². The number of hydrogen-bond acceptors (Lipinski definition) is 1. The van der Waals surface area contributed by atoms with Gasteiger partial charge in [-0.15, -0.1) is 0 Å². The lowest BCUT2D eigenvalue weighted by Crippen LogP contribution is -2.23. The highest BCUT2D eigenvalue weighted by atomic mass is 35.5. The first-order valence-corrected chi connectivity index (χ1v) is 6.71. The fourth-order valence-corrected chi connectivity index (χ4v) is 2.36. The zero-order valence-electron chi connectivity index (χ0n) is 11.0. The molecule has 1 nitrogen and oxygen atoms in total. The van der Waals surface area contributed by atoms with Gasteiger partial charge in [0.2, 0.25) is 0 Å². The van der Waals surface area contributed by atoms with Gasteiger partial charge in [-0.1, -0.05) is 41.9 Å². The predicted molar refractivity (Wildman–Crippen MR) is 77.8 cm³/mol. The molecule has 0 aliphatic carbocycles. The van der Waals surface area contributed by atoms with Crippen molar-refractivity contribution < 1.29 is 4.39 Å². The molecule has 0 aromatic heterocycles. The molecule has 19 heavy (non-hydrogen) atoms. The van der Waals surface area contributed by atoms with Gasteiger partial charge in [0.25, 0.3) is 0 Å². The highest BCUT2D eigenvalue weighted by Crippen LogP contribution is 2.22. The Kier molecular flexibility index (Phi) is 4.56. The van der Waals surface area contributed by atoms with E-state index in [9.17, 15) is 4.39 Å². The molecule has 2 rings (SSSR count). The topological polar surface area (TPSA) is 12.0 Å². The summed E-state index contributed by atoms with van der Waals surface area (Å²) in [7, 11) is 0. The molecule has 100 valence electrons. The minimum absolute atomic E-state index is 0.0600. The SMILES string of the molecule is CC(N[C@H](C)c1cccc(Cl)c1)c1ccccc1F. The van der Waals surface area contributed by atoms with E-state index in [1.807, 2.05) is 44.2 Å². The Hall–Kier alpha value is -1.38. The Morgan fingerprint density at radius 2 is 1.74 bits per heavy atom. The number of halogens is 2. The molecule has 1 N–H and O–H groups in total. The van der Waals surface area contributed by atoms with Crippen molar-refractivity contribution in [2.24, 2.45) is 0 Å². The molecule has 0 spiro atoms. The first kappa shape index (κ1) is 14.0. The average Bonchev–Trinajstić information content (AvgIpc) is 2.39. The van der Waals surface area contributed by atoms with Crippen molar-refractivity contribution in [1.29, 1.82) is 0 Å². The molecule has 2 aromatic carbocycles. The van der Waals surface area contributed by atoms with Crippen LogP contribution in [0.1, 0.15) is 37.1 Å². The van der Waals surface area contributed by atoms with Gasteiger partial charge >= 0.3 is 0 Å². The maximum atomic E-state index is 13.7. The number of nitrogens with one attached hydrogen (secondary N) is 1. The standard InChI is InChI=1S/C16H17ClFN/c1-11(13-6-5-7-14(17)10-13)19-12(2)15-8-3-4-9-16(15)18/h3-12,19H,1-2H3/t11-,12?/m1/s1. The van der Waals surface area contributed by atoms with Crippen LogP contribution in [0.15, 0.2) is 48.5 Å². The zero-order chi connectivity index (χ0) is 13.8. The van der Waals surface area contributed by atoms with Crippen LogP contribution in [0.2, 0.25) is 5.02 Å². The van der Waals surface area contributed by atoms with Crippen LogP contribution in [0.25, 0.3) is 0 Å². The van der Waals surface area contributed by atoms with E-state index in [2.05, 4.69) is 5.32 Å². The Bertz CT molecular complexity index is 556. The van der Waals surface area contributed by atoms with Gasteiger partial charge in [-0.25, -0.2) is 4.39 Å². The second kappa shape index (κ2) is 6.18. The van der Waals surface area contributed by atoms with Crippen molar-refractivity contribution in [1.82, 2.24) is 5.32 Å². The van der Waals surface area contributed by atoms with E-state index in [-0.39, 0.29) is 17.9 Å². The lowest BCUT2D eigenvalue weighted by atomic mass is 10.0. The van der Waals surface area contributed by atoms with Gasteiger partial charge in [-0.2, -0.15) is 0 Å². The van der Waals surface area contributed by atoms with Crippen LogP contribution < -0.4 is 5.32 Å². The monoisotopic (exact) mass is 277 g/mol. The smallest absolute Gasteiger partial charge is 0.127 e. The highest BCUT2D eigenvalue weighted by Gasteiger charge is 2.14. The molecule has 0 fully saturated rings. The molecule has 0 aliphatic rings. The van der Waals surface area contributed by atoms with Gasteiger partial charge in [-0.3, -0.25) is 0 Å². The van der Waals surface area contributed by atoms with Crippen molar-refractivity contribution in [2.45, 2.75) is 25.9 Å². The average molecular weight is 278 g/mol. The predicted octanol–water partition coefficient (Wildman–Crippen LogP) is 4.89. The van der Waals surface area contributed by atoms with Gasteiger partial charge in [0.05, 0.1) is 0 Å². The zero-order valence-corrected chi connectivity index (χ0v) is 11.8.